The fraction of sp³-hybridized carbons (Fsp3) is 0.643. The number of thiophene rings is 1. The van der Waals surface area contributed by atoms with Crippen molar-refractivity contribution in [3.8, 4) is 0 Å². The van der Waals surface area contributed by atoms with Gasteiger partial charge in [0.25, 0.3) is 0 Å². The van der Waals surface area contributed by atoms with Crippen LogP contribution in [0.4, 0.5) is 0 Å². The largest absolute Gasteiger partial charge is 0.348 e. The summed E-state index contributed by atoms with van der Waals surface area (Å²) in [6.45, 7) is 4.31. The molecule has 2 N–H and O–H groups in total. The molecule has 1 aliphatic heterocycles. The second-order valence-corrected chi connectivity index (χ2v) is 5.92. The normalized spacial score (nSPS) is 19.7. The summed E-state index contributed by atoms with van der Waals surface area (Å²) in [5, 5.41) is 8.55. The number of nitrogens with one attached hydrogen (secondary N) is 2. The van der Waals surface area contributed by atoms with Crippen LogP contribution in [0.15, 0.2) is 17.5 Å². The average Bonchev–Trinajstić information content (AvgIpc) is 3.05. The first-order valence-corrected chi connectivity index (χ1v) is 7.71. The summed E-state index contributed by atoms with van der Waals surface area (Å²) < 4.78 is 0. The number of rotatable bonds is 6. The van der Waals surface area contributed by atoms with Crippen LogP contribution in [0.5, 0.6) is 0 Å². The summed E-state index contributed by atoms with van der Waals surface area (Å²) in [7, 11) is 0. The molecule has 0 aromatic carbocycles. The third-order valence-electron chi connectivity index (χ3n) is 3.57. The lowest BCUT2D eigenvalue weighted by atomic mass is 10.0. The van der Waals surface area contributed by atoms with E-state index in [-0.39, 0.29) is 24.4 Å². The van der Waals surface area contributed by atoms with Gasteiger partial charge in [0.15, 0.2) is 0 Å². The van der Waals surface area contributed by atoms with E-state index in [4.69, 9.17) is 0 Å². The van der Waals surface area contributed by atoms with Gasteiger partial charge in [-0.05, 0) is 49.7 Å². The molecule has 0 spiro atoms. The highest BCUT2D eigenvalue weighted by Crippen LogP contribution is 2.22. The summed E-state index contributed by atoms with van der Waals surface area (Å²) in [5.41, 5.74) is 0. The Labute approximate surface area is 125 Å². The molecule has 0 radical (unpaired) electrons. The number of hydrogen-bond donors (Lipinski definition) is 2. The maximum Gasteiger partial charge on any atom is 0.220 e. The minimum atomic E-state index is 0. The molecular formula is C14H23ClN2OS. The monoisotopic (exact) mass is 302 g/mol. The Morgan fingerprint density at radius 1 is 1.63 bits per heavy atom. The van der Waals surface area contributed by atoms with Gasteiger partial charge < -0.3 is 10.6 Å². The molecule has 1 aromatic heterocycles. The standard InChI is InChI=1S/C14H22N2OS.ClH/c1-2-12(13-4-3-9-18-13)16-14(17)6-5-11-7-8-15-10-11;/h3-4,9,11-12,15H,2,5-8,10H2,1H3,(H,16,17);1H. The number of amides is 1. The van der Waals surface area contributed by atoms with Crippen molar-refractivity contribution in [2.75, 3.05) is 13.1 Å². The molecule has 1 saturated heterocycles. The fourth-order valence-electron chi connectivity index (χ4n) is 2.43. The van der Waals surface area contributed by atoms with Gasteiger partial charge in [0, 0.05) is 11.3 Å². The highest BCUT2D eigenvalue weighted by atomic mass is 35.5. The smallest absolute Gasteiger partial charge is 0.220 e. The van der Waals surface area contributed by atoms with Crippen molar-refractivity contribution in [1.82, 2.24) is 10.6 Å². The van der Waals surface area contributed by atoms with Crippen LogP contribution in [-0.2, 0) is 4.79 Å². The van der Waals surface area contributed by atoms with Gasteiger partial charge in [0.05, 0.1) is 6.04 Å². The Morgan fingerprint density at radius 3 is 3.05 bits per heavy atom. The molecular weight excluding hydrogens is 280 g/mol. The summed E-state index contributed by atoms with van der Waals surface area (Å²) in [6, 6.07) is 4.33. The van der Waals surface area contributed by atoms with Crippen molar-refractivity contribution in [1.29, 1.82) is 0 Å². The predicted molar refractivity (Wildman–Crippen MR) is 83.0 cm³/mol. The van der Waals surface area contributed by atoms with Gasteiger partial charge in [0.1, 0.15) is 0 Å². The Kier molecular flexibility index (Phi) is 7.42. The lowest BCUT2D eigenvalue weighted by Crippen LogP contribution is -2.28. The minimum Gasteiger partial charge on any atom is -0.348 e. The molecule has 1 aromatic rings. The zero-order valence-electron chi connectivity index (χ0n) is 11.4. The topological polar surface area (TPSA) is 41.1 Å². The van der Waals surface area contributed by atoms with E-state index in [1.54, 1.807) is 11.3 Å². The van der Waals surface area contributed by atoms with E-state index in [1.807, 2.05) is 6.07 Å². The SMILES string of the molecule is CCC(NC(=O)CCC1CCNC1)c1cccs1.Cl. The van der Waals surface area contributed by atoms with E-state index in [0.29, 0.717) is 12.3 Å². The third-order valence-corrected chi connectivity index (χ3v) is 4.56. The molecule has 0 saturated carbocycles. The number of halogens is 1. The van der Waals surface area contributed by atoms with E-state index >= 15 is 0 Å². The van der Waals surface area contributed by atoms with Crippen LogP contribution >= 0.6 is 23.7 Å². The second-order valence-electron chi connectivity index (χ2n) is 4.94. The quantitative estimate of drug-likeness (QED) is 0.847. The molecule has 1 fully saturated rings. The third kappa shape index (κ3) is 5.13. The van der Waals surface area contributed by atoms with Crippen molar-refractivity contribution in [2.24, 2.45) is 5.92 Å². The average molecular weight is 303 g/mol. The van der Waals surface area contributed by atoms with Crippen molar-refractivity contribution >= 4 is 29.7 Å². The first-order chi connectivity index (χ1) is 8.79. The summed E-state index contributed by atoms with van der Waals surface area (Å²) >= 11 is 1.72. The van der Waals surface area contributed by atoms with E-state index < -0.39 is 0 Å². The molecule has 2 unspecified atom stereocenters. The summed E-state index contributed by atoms with van der Waals surface area (Å²) in [5.74, 6) is 0.889. The summed E-state index contributed by atoms with van der Waals surface area (Å²) in [6.07, 6.45) is 3.85. The van der Waals surface area contributed by atoms with Crippen molar-refractivity contribution < 1.29 is 4.79 Å². The van der Waals surface area contributed by atoms with Gasteiger partial charge in [0.2, 0.25) is 5.91 Å². The van der Waals surface area contributed by atoms with Crippen LogP contribution in [-0.4, -0.2) is 19.0 Å². The Balaban J connectivity index is 0.00000180. The van der Waals surface area contributed by atoms with Crippen LogP contribution in [0, 0.1) is 5.92 Å². The molecule has 108 valence electrons. The maximum absolute atomic E-state index is 11.9. The first-order valence-electron chi connectivity index (χ1n) is 6.83. The van der Waals surface area contributed by atoms with Crippen LogP contribution in [0.1, 0.15) is 43.5 Å². The van der Waals surface area contributed by atoms with Crippen molar-refractivity contribution in [2.45, 2.75) is 38.6 Å². The maximum atomic E-state index is 11.9. The lowest BCUT2D eigenvalue weighted by Gasteiger charge is -2.16. The number of carbonyl (C=O) groups is 1. The highest BCUT2D eigenvalue weighted by Gasteiger charge is 2.17. The Hall–Kier alpha value is -0.580. The van der Waals surface area contributed by atoms with Crippen LogP contribution in [0.3, 0.4) is 0 Å². The zero-order chi connectivity index (χ0) is 12.8. The van der Waals surface area contributed by atoms with Crippen LogP contribution in [0.25, 0.3) is 0 Å². The van der Waals surface area contributed by atoms with Gasteiger partial charge in [-0.15, -0.1) is 23.7 Å². The van der Waals surface area contributed by atoms with Crippen LogP contribution < -0.4 is 10.6 Å². The Morgan fingerprint density at radius 2 is 2.47 bits per heavy atom. The van der Waals surface area contributed by atoms with E-state index in [1.165, 1.54) is 11.3 Å². The predicted octanol–water partition coefficient (Wildman–Crippen LogP) is 3.13. The van der Waals surface area contributed by atoms with Gasteiger partial charge in [-0.2, -0.15) is 0 Å². The summed E-state index contributed by atoms with van der Waals surface area (Å²) in [4.78, 5) is 13.2. The molecule has 2 heterocycles. The number of hydrogen-bond acceptors (Lipinski definition) is 3. The number of carbonyl (C=O) groups excluding carboxylic acids is 1. The second kappa shape index (κ2) is 8.56. The molecule has 1 amide bonds. The van der Waals surface area contributed by atoms with E-state index in [2.05, 4.69) is 29.0 Å². The molecule has 1 aliphatic rings. The van der Waals surface area contributed by atoms with Gasteiger partial charge >= 0.3 is 0 Å². The highest BCUT2D eigenvalue weighted by molar-refractivity contribution is 7.10. The zero-order valence-corrected chi connectivity index (χ0v) is 13.0. The Bertz CT molecular complexity index is 364. The van der Waals surface area contributed by atoms with Crippen LogP contribution in [0.2, 0.25) is 0 Å². The van der Waals surface area contributed by atoms with E-state index in [0.717, 1.165) is 25.9 Å². The molecule has 19 heavy (non-hydrogen) atoms. The van der Waals surface area contributed by atoms with Gasteiger partial charge in [-0.3, -0.25) is 4.79 Å². The van der Waals surface area contributed by atoms with Gasteiger partial charge in [-0.1, -0.05) is 13.0 Å². The minimum absolute atomic E-state index is 0. The molecule has 2 atom stereocenters. The van der Waals surface area contributed by atoms with Crippen molar-refractivity contribution in [3.05, 3.63) is 22.4 Å². The fourth-order valence-corrected chi connectivity index (χ4v) is 3.29. The molecule has 5 heteroatoms. The molecule has 2 rings (SSSR count). The van der Waals surface area contributed by atoms with E-state index in [9.17, 15) is 4.79 Å². The van der Waals surface area contributed by atoms with Crippen molar-refractivity contribution in [3.63, 3.8) is 0 Å². The molecule has 0 aliphatic carbocycles. The lowest BCUT2D eigenvalue weighted by molar-refractivity contribution is -0.122. The van der Waals surface area contributed by atoms with Gasteiger partial charge in [-0.25, -0.2) is 0 Å². The molecule has 3 nitrogen and oxygen atoms in total. The molecule has 0 bridgehead atoms. The first kappa shape index (κ1) is 16.5.